The molecule has 8 nitrogen and oxygen atoms in total. The van der Waals surface area contributed by atoms with Crippen molar-refractivity contribution >= 4 is 11.6 Å². The summed E-state index contributed by atoms with van der Waals surface area (Å²) in [6, 6.07) is 7.64. The maximum absolute atomic E-state index is 12.4. The summed E-state index contributed by atoms with van der Waals surface area (Å²) in [5.41, 5.74) is 3.62. The molecule has 172 valence electrons. The monoisotopic (exact) mass is 448 g/mol. The first-order chi connectivity index (χ1) is 15.8. The Hall–Kier alpha value is -3.57. The van der Waals surface area contributed by atoms with Gasteiger partial charge in [0.25, 0.3) is 0 Å². The molecule has 1 unspecified atom stereocenters. The van der Waals surface area contributed by atoms with Crippen molar-refractivity contribution in [3.63, 3.8) is 0 Å². The highest BCUT2D eigenvalue weighted by atomic mass is 16.6. The Morgan fingerprint density at radius 2 is 2.21 bits per heavy atom. The summed E-state index contributed by atoms with van der Waals surface area (Å²) in [6.45, 7) is 6.13. The molecule has 2 N–H and O–H groups in total. The number of carbonyl (C=O) groups is 1. The Bertz CT molecular complexity index is 1220. The van der Waals surface area contributed by atoms with Gasteiger partial charge in [-0.05, 0) is 45.7 Å². The highest BCUT2D eigenvalue weighted by molar-refractivity contribution is 5.79. The lowest BCUT2D eigenvalue weighted by Gasteiger charge is -2.23. The van der Waals surface area contributed by atoms with Gasteiger partial charge in [0, 0.05) is 29.3 Å². The minimum absolute atomic E-state index is 0.0321. The second-order valence-corrected chi connectivity index (χ2v) is 8.88. The number of aliphatic hydroxyl groups is 1. The van der Waals surface area contributed by atoms with Gasteiger partial charge in [0.2, 0.25) is 0 Å². The fourth-order valence-electron chi connectivity index (χ4n) is 3.76. The average molecular weight is 449 g/mol. The van der Waals surface area contributed by atoms with Gasteiger partial charge < -0.3 is 19.9 Å². The largest absolute Gasteiger partial charge is 0.493 e. The van der Waals surface area contributed by atoms with Crippen LogP contribution in [-0.4, -0.2) is 44.6 Å². The van der Waals surface area contributed by atoms with E-state index in [1.54, 1.807) is 4.52 Å². The van der Waals surface area contributed by atoms with Crippen molar-refractivity contribution in [3.8, 4) is 28.8 Å². The summed E-state index contributed by atoms with van der Waals surface area (Å²) in [5, 5.41) is 16.2. The Labute approximate surface area is 192 Å². The molecule has 1 aliphatic rings. The van der Waals surface area contributed by atoms with Crippen molar-refractivity contribution in [1.29, 1.82) is 0 Å². The molecule has 3 heterocycles. The van der Waals surface area contributed by atoms with Crippen LogP contribution in [0, 0.1) is 11.8 Å². The van der Waals surface area contributed by atoms with Crippen molar-refractivity contribution < 1.29 is 19.4 Å². The van der Waals surface area contributed by atoms with Crippen LogP contribution in [0.5, 0.6) is 5.75 Å². The van der Waals surface area contributed by atoms with Crippen LogP contribution < -0.4 is 10.1 Å². The predicted molar refractivity (Wildman–Crippen MR) is 124 cm³/mol. The van der Waals surface area contributed by atoms with Crippen LogP contribution in [-0.2, 0) is 4.74 Å². The molecule has 1 atom stereocenters. The molecular formula is C25H28N4O4. The molecule has 3 aromatic rings. The van der Waals surface area contributed by atoms with Crippen LogP contribution in [0.15, 0.2) is 36.8 Å². The lowest BCUT2D eigenvalue weighted by Crippen LogP contribution is -2.34. The predicted octanol–water partition coefficient (Wildman–Crippen LogP) is 3.87. The van der Waals surface area contributed by atoms with Gasteiger partial charge in [0.15, 0.2) is 0 Å². The molecule has 1 amide bonds. The molecule has 0 fully saturated rings. The summed E-state index contributed by atoms with van der Waals surface area (Å²) in [4.78, 5) is 16.9. The van der Waals surface area contributed by atoms with Crippen LogP contribution >= 0.6 is 0 Å². The van der Waals surface area contributed by atoms with Gasteiger partial charge in [-0.3, -0.25) is 0 Å². The number of fused-ring (bicyclic) bond motifs is 2. The molecule has 4 rings (SSSR count). The molecule has 1 aliphatic heterocycles. The molecule has 0 aliphatic carbocycles. The van der Waals surface area contributed by atoms with Gasteiger partial charge in [0.1, 0.15) is 17.7 Å². The van der Waals surface area contributed by atoms with Gasteiger partial charge in [-0.2, -0.15) is 5.10 Å². The van der Waals surface area contributed by atoms with E-state index in [-0.39, 0.29) is 12.6 Å². The van der Waals surface area contributed by atoms with Crippen LogP contribution in [0.25, 0.3) is 16.8 Å². The average Bonchev–Trinajstić information content (AvgIpc) is 3.07. The smallest absolute Gasteiger partial charge is 0.408 e. The summed E-state index contributed by atoms with van der Waals surface area (Å²) in [7, 11) is 0. The molecule has 0 spiro atoms. The van der Waals surface area contributed by atoms with Crippen LogP contribution in [0.3, 0.4) is 0 Å². The molecule has 0 radical (unpaired) electrons. The number of aliphatic hydroxyl groups excluding tert-OH is 1. The number of amides is 1. The quantitative estimate of drug-likeness (QED) is 0.591. The van der Waals surface area contributed by atoms with E-state index in [1.165, 1.54) is 6.33 Å². The Morgan fingerprint density at radius 3 is 3.00 bits per heavy atom. The zero-order valence-electron chi connectivity index (χ0n) is 19.1. The summed E-state index contributed by atoms with van der Waals surface area (Å²) in [5.74, 6) is 6.68. The first-order valence-electron chi connectivity index (χ1n) is 11.0. The van der Waals surface area contributed by atoms with Crippen molar-refractivity contribution in [1.82, 2.24) is 19.9 Å². The first-order valence-corrected chi connectivity index (χ1v) is 11.0. The SMILES string of the molecule is CC(C)(C)OC(=O)NC1CCCOc2cc(-c3ncnn4cc(C#CCCO)cc34)ccc21. The van der Waals surface area contributed by atoms with E-state index in [1.807, 2.05) is 51.2 Å². The minimum Gasteiger partial charge on any atom is -0.493 e. The Kier molecular flexibility index (Phi) is 6.52. The topological polar surface area (TPSA) is 98.0 Å². The number of nitrogens with one attached hydrogen (secondary N) is 1. The van der Waals surface area contributed by atoms with Gasteiger partial charge in [0.05, 0.1) is 30.5 Å². The highest BCUT2D eigenvalue weighted by Gasteiger charge is 2.25. The Morgan fingerprint density at radius 1 is 1.36 bits per heavy atom. The molecule has 0 saturated carbocycles. The normalized spacial score (nSPS) is 15.6. The Balaban J connectivity index is 1.65. The van der Waals surface area contributed by atoms with Gasteiger partial charge in [-0.15, -0.1) is 0 Å². The third-order valence-electron chi connectivity index (χ3n) is 5.12. The van der Waals surface area contributed by atoms with Crippen LogP contribution in [0.2, 0.25) is 0 Å². The van der Waals surface area contributed by atoms with E-state index in [2.05, 4.69) is 27.2 Å². The minimum atomic E-state index is -0.561. The van der Waals surface area contributed by atoms with Crippen molar-refractivity contribution in [2.24, 2.45) is 0 Å². The van der Waals surface area contributed by atoms with Crippen molar-refractivity contribution in [2.75, 3.05) is 13.2 Å². The molecule has 0 bridgehead atoms. The molecule has 8 heteroatoms. The lowest BCUT2D eigenvalue weighted by atomic mass is 9.99. The summed E-state index contributed by atoms with van der Waals surface area (Å²) >= 11 is 0. The van der Waals surface area contributed by atoms with Gasteiger partial charge in [-0.25, -0.2) is 14.3 Å². The number of aromatic nitrogens is 3. The molecule has 2 aromatic heterocycles. The van der Waals surface area contributed by atoms with Crippen molar-refractivity contribution in [3.05, 3.63) is 47.9 Å². The second kappa shape index (κ2) is 9.51. The zero-order valence-corrected chi connectivity index (χ0v) is 19.1. The third kappa shape index (κ3) is 5.44. The highest BCUT2D eigenvalue weighted by Crippen LogP contribution is 2.36. The summed E-state index contributed by atoms with van der Waals surface area (Å²) < 4.78 is 13.2. The third-order valence-corrected chi connectivity index (χ3v) is 5.12. The number of benzene rings is 1. The number of hydrogen-bond donors (Lipinski definition) is 2. The number of nitrogens with zero attached hydrogens (tertiary/aromatic N) is 3. The first kappa shape index (κ1) is 22.6. The zero-order chi connectivity index (χ0) is 23.4. The molecule has 33 heavy (non-hydrogen) atoms. The van der Waals surface area contributed by atoms with E-state index in [9.17, 15) is 4.79 Å². The summed E-state index contributed by atoms with van der Waals surface area (Å²) in [6.07, 6.45) is 4.91. The van der Waals surface area contributed by atoms with Crippen molar-refractivity contribution in [2.45, 2.75) is 51.7 Å². The van der Waals surface area contributed by atoms with E-state index < -0.39 is 11.7 Å². The molecule has 1 aromatic carbocycles. The lowest BCUT2D eigenvalue weighted by molar-refractivity contribution is 0.0501. The number of rotatable bonds is 3. The standard InChI is InChI=1S/C25H28N4O4/c1-25(2,3)33-24(31)28-20-8-6-12-32-22-14-18(9-10-19(20)22)23-21-13-17(7-4-5-11-30)15-29(21)27-16-26-23/h9-10,13-16,20,30H,5-6,8,11-12H2,1-3H3,(H,28,31). The molecular weight excluding hydrogens is 420 g/mol. The van der Waals surface area contributed by atoms with E-state index in [0.717, 1.165) is 46.5 Å². The molecule has 0 saturated heterocycles. The fourth-order valence-corrected chi connectivity index (χ4v) is 3.76. The maximum Gasteiger partial charge on any atom is 0.408 e. The van der Waals surface area contributed by atoms with E-state index in [0.29, 0.717) is 13.0 Å². The van der Waals surface area contributed by atoms with Crippen LogP contribution in [0.4, 0.5) is 4.79 Å². The fraction of sp³-hybridized carbons (Fsp3) is 0.400. The van der Waals surface area contributed by atoms with Crippen LogP contribution in [0.1, 0.15) is 57.2 Å². The number of carbonyl (C=O) groups excluding carboxylic acids is 1. The van der Waals surface area contributed by atoms with Gasteiger partial charge >= 0.3 is 6.09 Å². The number of ether oxygens (including phenoxy) is 2. The van der Waals surface area contributed by atoms with E-state index >= 15 is 0 Å². The number of alkyl carbamates (subject to hydrolysis) is 1. The second-order valence-electron chi connectivity index (χ2n) is 8.88. The van der Waals surface area contributed by atoms with E-state index in [4.69, 9.17) is 14.6 Å². The number of hydrogen-bond acceptors (Lipinski definition) is 6. The maximum atomic E-state index is 12.4. The van der Waals surface area contributed by atoms with Gasteiger partial charge in [-0.1, -0.05) is 24.0 Å².